The van der Waals surface area contributed by atoms with Gasteiger partial charge in [0, 0.05) is 28.5 Å². The topological polar surface area (TPSA) is 89.0 Å². The molecule has 0 spiro atoms. The van der Waals surface area contributed by atoms with Crippen LogP contribution >= 0.6 is 11.3 Å². The molecule has 26 heavy (non-hydrogen) atoms. The SMILES string of the molecule is Cc1ccc(CC(=O)NS(=O)(=O)c2cccc(-c3nc(C)cs3)c2)cn1. The van der Waals surface area contributed by atoms with Gasteiger partial charge in [-0.25, -0.2) is 18.1 Å². The largest absolute Gasteiger partial charge is 0.274 e. The average Bonchev–Trinajstić information content (AvgIpc) is 3.03. The maximum absolute atomic E-state index is 12.5. The first-order valence-corrected chi connectivity index (χ1v) is 10.2. The molecule has 1 N–H and O–H groups in total. The number of benzene rings is 1. The van der Waals surface area contributed by atoms with Crippen LogP contribution in [0.2, 0.25) is 0 Å². The third-order valence-electron chi connectivity index (χ3n) is 3.60. The first-order chi connectivity index (χ1) is 12.3. The van der Waals surface area contributed by atoms with E-state index in [1.54, 1.807) is 30.5 Å². The fourth-order valence-corrected chi connectivity index (χ4v) is 4.14. The van der Waals surface area contributed by atoms with Crippen LogP contribution in [0.5, 0.6) is 0 Å². The highest BCUT2D eigenvalue weighted by Gasteiger charge is 2.19. The Morgan fingerprint density at radius 3 is 2.62 bits per heavy atom. The van der Waals surface area contributed by atoms with Crippen LogP contribution in [-0.4, -0.2) is 24.3 Å². The predicted molar refractivity (Wildman–Crippen MR) is 100 cm³/mol. The van der Waals surface area contributed by atoms with Crippen molar-refractivity contribution in [1.82, 2.24) is 14.7 Å². The Morgan fingerprint density at radius 1 is 1.15 bits per heavy atom. The number of nitrogens with one attached hydrogen (secondary N) is 1. The van der Waals surface area contributed by atoms with E-state index in [1.165, 1.54) is 23.5 Å². The second-order valence-electron chi connectivity index (χ2n) is 5.84. The van der Waals surface area contributed by atoms with Crippen molar-refractivity contribution in [3.63, 3.8) is 0 Å². The minimum atomic E-state index is -3.95. The average molecular weight is 387 g/mol. The van der Waals surface area contributed by atoms with Gasteiger partial charge in [-0.2, -0.15) is 0 Å². The lowest BCUT2D eigenvalue weighted by atomic mass is 10.2. The minimum Gasteiger partial charge on any atom is -0.274 e. The predicted octanol–water partition coefficient (Wildman–Crippen LogP) is 2.87. The number of rotatable bonds is 5. The molecule has 0 saturated heterocycles. The summed E-state index contributed by atoms with van der Waals surface area (Å²) in [5.74, 6) is -0.605. The van der Waals surface area contributed by atoms with Gasteiger partial charge in [0.2, 0.25) is 5.91 Å². The Labute approximate surface area is 156 Å². The van der Waals surface area contributed by atoms with E-state index in [9.17, 15) is 13.2 Å². The van der Waals surface area contributed by atoms with Crippen molar-refractivity contribution in [3.05, 3.63) is 64.9 Å². The fraction of sp³-hybridized carbons (Fsp3) is 0.167. The van der Waals surface area contributed by atoms with Crippen LogP contribution in [0.1, 0.15) is 17.0 Å². The number of aromatic nitrogens is 2. The van der Waals surface area contributed by atoms with Gasteiger partial charge in [-0.3, -0.25) is 9.78 Å². The summed E-state index contributed by atoms with van der Waals surface area (Å²) in [5.41, 5.74) is 3.05. The van der Waals surface area contributed by atoms with Crippen LogP contribution in [-0.2, 0) is 21.2 Å². The van der Waals surface area contributed by atoms with Gasteiger partial charge < -0.3 is 0 Å². The van der Waals surface area contributed by atoms with Crippen LogP contribution < -0.4 is 4.72 Å². The summed E-state index contributed by atoms with van der Waals surface area (Å²) in [7, 11) is -3.95. The van der Waals surface area contributed by atoms with Crippen LogP contribution in [0.4, 0.5) is 0 Å². The van der Waals surface area contributed by atoms with Crippen molar-refractivity contribution in [1.29, 1.82) is 0 Å². The third kappa shape index (κ3) is 4.33. The number of thiazole rings is 1. The molecular weight excluding hydrogens is 370 g/mol. The highest BCUT2D eigenvalue weighted by atomic mass is 32.2. The quantitative estimate of drug-likeness (QED) is 0.727. The molecular formula is C18H17N3O3S2. The molecule has 2 heterocycles. The van der Waals surface area contributed by atoms with Crippen molar-refractivity contribution in [3.8, 4) is 10.6 Å². The van der Waals surface area contributed by atoms with Crippen LogP contribution in [0.3, 0.4) is 0 Å². The number of hydrogen-bond acceptors (Lipinski definition) is 6. The lowest BCUT2D eigenvalue weighted by Crippen LogP contribution is -2.31. The Hall–Kier alpha value is -2.58. The number of pyridine rings is 1. The highest BCUT2D eigenvalue weighted by Crippen LogP contribution is 2.25. The van der Waals surface area contributed by atoms with Gasteiger partial charge in [-0.05, 0) is 37.6 Å². The first kappa shape index (κ1) is 18.2. The number of aryl methyl sites for hydroxylation is 2. The number of nitrogens with zero attached hydrogens (tertiary/aromatic N) is 2. The summed E-state index contributed by atoms with van der Waals surface area (Å²) >= 11 is 1.44. The Balaban J connectivity index is 1.77. The second kappa shape index (κ2) is 7.35. The molecule has 0 aliphatic rings. The highest BCUT2D eigenvalue weighted by molar-refractivity contribution is 7.90. The van der Waals surface area contributed by atoms with E-state index in [1.807, 2.05) is 19.2 Å². The van der Waals surface area contributed by atoms with Crippen molar-refractivity contribution >= 4 is 27.3 Å². The van der Waals surface area contributed by atoms with Crippen molar-refractivity contribution in [2.75, 3.05) is 0 Å². The molecule has 0 unspecified atom stereocenters. The molecule has 0 radical (unpaired) electrons. The molecule has 0 aliphatic carbocycles. The molecule has 3 rings (SSSR count). The molecule has 1 amide bonds. The van der Waals surface area contributed by atoms with E-state index in [2.05, 4.69) is 14.7 Å². The maximum Gasteiger partial charge on any atom is 0.264 e. The zero-order valence-electron chi connectivity index (χ0n) is 14.3. The van der Waals surface area contributed by atoms with Gasteiger partial charge in [0.15, 0.2) is 0 Å². The summed E-state index contributed by atoms with van der Waals surface area (Å²) in [6.45, 7) is 3.71. The van der Waals surface area contributed by atoms with E-state index in [0.29, 0.717) is 11.1 Å². The normalized spacial score (nSPS) is 11.3. The molecule has 0 atom stereocenters. The number of carbonyl (C=O) groups excluding carboxylic acids is 1. The lowest BCUT2D eigenvalue weighted by molar-refractivity contribution is -0.118. The fourth-order valence-electron chi connectivity index (χ4n) is 2.32. The molecule has 0 aliphatic heterocycles. The second-order valence-corrected chi connectivity index (χ2v) is 8.38. The monoisotopic (exact) mass is 387 g/mol. The van der Waals surface area contributed by atoms with E-state index in [-0.39, 0.29) is 11.3 Å². The molecule has 6 nitrogen and oxygen atoms in total. The van der Waals surface area contributed by atoms with E-state index >= 15 is 0 Å². The molecule has 3 aromatic rings. The van der Waals surface area contributed by atoms with Crippen molar-refractivity contribution in [2.24, 2.45) is 0 Å². The number of amides is 1. The summed E-state index contributed by atoms with van der Waals surface area (Å²) in [6, 6.07) is 9.91. The maximum atomic E-state index is 12.5. The van der Waals surface area contributed by atoms with Gasteiger partial charge in [-0.15, -0.1) is 11.3 Å². The van der Waals surface area contributed by atoms with Crippen molar-refractivity contribution < 1.29 is 13.2 Å². The summed E-state index contributed by atoms with van der Waals surface area (Å²) in [5, 5.41) is 2.63. The minimum absolute atomic E-state index is 0.0261. The number of carbonyl (C=O) groups is 1. The summed E-state index contributed by atoms with van der Waals surface area (Å²) in [4.78, 5) is 20.6. The molecule has 2 aromatic heterocycles. The molecule has 0 fully saturated rings. The summed E-state index contributed by atoms with van der Waals surface area (Å²) < 4.78 is 27.1. The van der Waals surface area contributed by atoms with Crippen molar-refractivity contribution in [2.45, 2.75) is 25.2 Å². The first-order valence-electron chi connectivity index (χ1n) is 7.83. The zero-order chi connectivity index (χ0) is 18.7. The smallest absolute Gasteiger partial charge is 0.264 e. The molecule has 134 valence electrons. The molecule has 8 heteroatoms. The molecule has 0 saturated carbocycles. The molecule has 0 bridgehead atoms. The Bertz CT molecular complexity index is 1040. The zero-order valence-corrected chi connectivity index (χ0v) is 15.9. The van der Waals surface area contributed by atoms with Crippen LogP contribution in [0.15, 0.2) is 52.9 Å². The Morgan fingerprint density at radius 2 is 1.96 bits per heavy atom. The third-order valence-corrected chi connectivity index (χ3v) is 5.98. The van der Waals surface area contributed by atoms with E-state index in [0.717, 1.165) is 16.4 Å². The summed E-state index contributed by atoms with van der Waals surface area (Å²) in [6.07, 6.45) is 1.50. The lowest BCUT2D eigenvalue weighted by Gasteiger charge is -2.08. The van der Waals surface area contributed by atoms with Gasteiger partial charge in [0.25, 0.3) is 10.0 Å². The van der Waals surface area contributed by atoms with E-state index < -0.39 is 15.9 Å². The Kier molecular flexibility index (Phi) is 5.15. The standard InChI is InChI=1S/C18H17N3O3S2/c1-12-6-7-14(10-19-12)8-17(22)21-26(23,24)16-5-3-4-15(9-16)18-20-13(2)11-25-18/h3-7,9-11H,8H2,1-2H3,(H,21,22). The van der Waals surface area contributed by atoms with Gasteiger partial charge in [0.1, 0.15) is 5.01 Å². The van der Waals surface area contributed by atoms with E-state index in [4.69, 9.17) is 0 Å². The van der Waals surface area contributed by atoms with Gasteiger partial charge in [-0.1, -0.05) is 18.2 Å². The van der Waals surface area contributed by atoms with Crippen LogP contribution in [0.25, 0.3) is 10.6 Å². The number of hydrogen-bond donors (Lipinski definition) is 1. The number of sulfonamides is 1. The van der Waals surface area contributed by atoms with Gasteiger partial charge >= 0.3 is 0 Å². The van der Waals surface area contributed by atoms with Gasteiger partial charge in [0.05, 0.1) is 11.3 Å². The molecule has 1 aromatic carbocycles. The van der Waals surface area contributed by atoms with Crippen LogP contribution in [0, 0.1) is 13.8 Å².